The number of amides is 1. The number of carbonyl (C=O) groups excluding carboxylic acids is 1. The number of rotatable bonds is 6. The second-order valence-electron chi connectivity index (χ2n) is 5.96. The van der Waals surface area contributed by atoms with Crippen molar-refractivity contribution < 1.29 is 39.6 Å². The molecule has 2 aromatic heterocycles. The number of aryl methyl sites for hydroxylation is 1. The third-order valence-corrected chi connectivity index (χ3v) is 5.83. The number of sulfonamides is 1. The summed E-state index contributed by atoms with van der Waals surface area (Å²) in [7, 11) is -3.64. The molecule has 0 aromatic carbocycles. The van der Waals surface area contributed by atoms with Crippen LogP contribution >= 0.6 is 11.6 Å². The van der Waals surface area contributed by atoms with E-state index in [1.54, 1.807) is 0 Å². The first kappa shape index (κ1) is 24.0. The third-order valence-electron chi connectivity index (χ3n) is 3.79. The molecular weight excluding hydrogens is 466 g/mol. The predicted molar refractivity (Wildman–Crippen MR) is 93.4 cm³/mol. The molecule has 0 aliphatic heterocycles. The molecule has 0 bridgehead atoms. The molecule has 1 unspecified atom stereocenters. The van der Waals surface area contributed by atoms with Crippen molar-refractivity contribution in [2.75, 3.05) is 5.32 Å². The fraction of sp³-hybridized carbons (Fsp3) is 0.333. The third kappa shape index (κ3) is 4.87. The molecule has 2 aromatic rings. The number of alkyl halides is 5. The van der Waals surface area contributed by atoms with Crippen LogP contribution in [0.3, 0.4) is 0 Å². The Morgan fingerprint density at radius 1 is 1.30 bits per heavy atom. The second kappa shape index (κ2) is 8.43. The Labute approximate surface area is 171 Å². The van der Waals surface area contributed by atoms with Crippen LogP contribution in [0.1, 0.15) is 29.5 Å². The second-order valence-corrected chi connectivity index (χ2v) is 8.02. The Hall–Kier alpha value is -2.32. The lowest BCUT2D eigenvalue weighted by atomic mass is 10.3. The van der Waals surface area contributed by atoms with Crippen molar-refractivity contribution in [3.05, 3.63) is 40.7 Å². The fourth-order valence-corrected chi connectivity index (χ4v) is 4.20. The minimum absolute atomic E-state index is 0.563. The van der Waals surface area contributed by atoms with Gasteiger partial charge < -0.3 is 9.88 Å². The molecule has 7 nitrogen and oxygen atoms in total. The van der Waals surface area contributed by atoms with Crippen LogP contribution in [0.4, 0.5) is 32.0 Å². The Morgan fingerprint density at radius 3 is 2.43 bits per heavy atom. The minimum Gasteiger partial charge on any atom is -0.344 e. The number of aromatic nitrogens is 2. The van der Waals surface area contributed by atoms with Crippen LogP contribution in [0.2, 0.25) is 5.02 Å². The van der Waals surface area contributed by atoms with Gasteiger partial charge in [0.2, 0.25) is 10.0 Å². The van der Waals surface area contributed by atoms with Gasteiger partial charge in [-0.15, -0.1) is 0 Å². The topological polar surface area (TPSA) is 93.1 Å². The largest absolute Gasteiger partial charge is 0.404 e. The highest BCUT2D eigenvalue weighted by Gasteiger charge is 2.40. The lowest BCUT2D eigenvalue weighted by Crippen LogP contribution is -2.42. The highest BCUT2D eigenvalue weighted by Crippen LogP contribution is 2.30. The van der Waals surface area contributed by atoms with E-state index >= 15 is 0 Å². The maximum atomic E-state index is 14.0. The fourth-order valence-electron chi connectivity index (χ4n) is 2.27. The first-order valence-corrected chi connectivity index (χ1v) is 9.70. The molecule has 0 aliphatic rings. The highest BCUT2D eigenvalue weighted by molar-refractivity contribution is 7.89. The zero-order valence-corrected chi connectivity index (χ0v) is 16.6. The van der Waals surface area contributed by atoms with E-state index in [1.807, 2.05) is 5.32 Å². The van der Waals surface area contributed by atoms with Gasteiger partial charge in [0, 0.05) is 19.4 Å². The molecule has 2 heterocycles. The van der Waals surface area contributed by atoms with Crippen molar-refractivity contribution in [3.8, 4) is 0 Å². The van der Waals surface area contributed by atoms with Gasteiger partial charge in [0.1, 0.15) is 22.3 Å². The number of nitrogens with one attached hydrogen (secondary N) is 2. The van der Waals surface area contributed by atoms with Gasteiger partial charge in [-0.1, -0.05) is 11.6 Å². The van der Waals surface area contributed by atoms with E-state index in [1.165, 1.54) is 4.72 Å². The lowest BCUT2D eigenvalue weighted by molar-refractivity contribution is -0.147. The number of carbonyl (C=O) groups is 1. The molecule has 0 radical (unpaired) electrons. The molecule has 0 fully saturated rings. The number of anilines is 1. The van der Waals surface area contributed by atoms with Crippen molar-refractivity contribution in [2.45, 2.75) is 30.5 Å². The van der Waals surface area contributed by atoms with E-state index < -0.39 is 67.4 Å². The van der Waals surface area contributed by atoms with Gasteiger partial charge in [0.05, 0.1) is 10.7 Å². The highest BCUT2D eigenvalue weighted by atomic mass is 35.5. The molecule has 2 rings (SSSR count). The Bertz CT molecular complexity index is 1070. The zero-order chi connectivity index (χ0) is 23.0. The summed E-state index contributed by atoms with van der Waals surface area (Å²) in [5, 5.41) is 1.20. The summed E-state index contributed by atoms with van der Waals surface area (Å²) in [5.41, 5.74) is -2.47. The monoisotopic (exact) mass is 478 g/mol. The minimum atomic E-state index is -4.88. The molecule has 1 amide bonds. The Balaban J connectivity index is 2.38. The molecule has 0 saturated heterocycles. The standard InChI is InChI=1S/C15H13ClF6N4O3S/c1-6(15(20,21)22)25-30(28,29)8-5-26(2)12(9(8)16)14(27)24-7-3-4-23-11(10(7)17)13(18)19/h3-6,13,25H,1-2H3,(H,23,24,27). The summed E-state index contributed by atoms with van der Waals surface area (Å²) in [6, 6.07) is -1.57. The van der Waals surface area contributed by atoms with Crippen LogP contribution < -0.4 is 10.0 Å². The van der Waals surface area contributed by atoms with Gasteiger partial charge in [0.15, 0.2) is 5.82 Å². The SMILES string of the molecule is CC(NS(=O)(=O)c1cn(C)c(C(=O)Nc2ccnc(C(F)F)c2F)c1Cl)C(F)(F)F. The number of nitrogens with zero attached hydrogens (tertiary/aromatic N) is 2. The molecule has 0 saturated carbocycles. The summed E-state index contributed by atoms with van der Waals surface area (Å²) in [6.45, 7) is 0.564. The van der Waals surface area contributed by atoms with Gasteiger partial charge in [-0.25, -0.2) is 21.6 Å². The van der Waals surface area contributed by atoms with E-state index in [2.05, 4.69) is 4.98 Å². The van der Waals surface area contributed by atoms with Crippen LogP contribution in [-0.4, -0.2) is 36.1 Å². The van der Waals surface area contributed by atoms with Gasteiger partial charge >= 0.3 is 6.18 Å². The van der Waals surface area contributed by atoms with Gasteiger partial charge in [0.25, 0.3) is 12.3 Å². The lowest BCUT2D eigenvalue weighted by Gasteiger charge is -2.16. The van der Waals surface area contributed by atoms with Crippen LogP contribution in [0, 0.1) is 5.82 Å². The van der Waals surface area contributed by atoms with Crippen molar-refractivity contribution in [3.63, 3.8) is 0 Å². The summed E-state index contributed by atoms with van der Waals surface area (Å²) < 4.78 is 104. The van der Waals surface area contributed by atoms with Crippen LogP contribution in [0.15, 0.2) is 23.4 Å². The van der Waals surface area contributed by atoms with Crippen LogP contribution in [0.25, 0.3) is 0 Å². The maximum absolute atomic E-state index is 14.0. The molecule has 0 aliphatic carbocycles. The molecular formula is C15H13ClF6N4O3S. The Kier molecular flexibility index (Phi) is 6.73. The van der Waals surface area contributed by atoms with Crippen molar-refractivity contribution in [1.82, 2.24) is 14.3 Å². The summed E-state index contributed by atoms with van der Waals surface area (Å²) in [4.78, 5) is 14.7. The van der Waals surface area contributed by atoms with Gasteiger partial charge in [-0.2, -0.15) is 17.9 Å². The van der Waals surface area contributed by atoms with Crippen LogP contribution in [0.5, 0.6) is 0 Å². The molecule has 30 heavy (non-hydrogen) atoms. The van der Waals surface area contributed by atoms with Crippen LogP contribution in [-0.2, 0) is 17.1 Å². The maximum Gasteiger partial charge on any atom is 0.404 e. The predicted octanol–water partition coefficient (Wildman–Crippen LogP) is 3.63. The normalized spacial score (nSPS) is 13.5. The first-order chi connectivity index (χ1) is 13.7. The van der Waals surface area contributed by atoms with Gasteiger partial charge in [-0.3, -0.25) is 9.78 Å². The first-order valence-electron chi connectivity index (χ1n) is 7.84. The number of halogens is 7. The Morgan fingerprint density at radius 2 is 1.90 bits per heavy atom. The quantitative estimate of drug-likeness (QED) is 0.620. The molecule has 2 N–H and O–H groups in total. The van der Waals surface area contributed by atoms with Gasteiger partial charge in [-0.05, 0) is 13.0 Å². The average molecular weight is 479 g/mol. The van der Waals surface area contributed by atoms with E-state index in [-0.39, 0.29) is 0 Å². The zero-order valence-electron chi connectivity index (χ0n) is 15.1. The number of hydrogen-bond donors (Lipinski definition) is 2. The van der Waals surface area contributed by atoms with Crippen molar-refractivity contribution >= 4 is 33.2 Å². The average Bonchev–Trinajstić information content (AvgIpc) is 2.90. The summed E-state index contributed by atoms with van der Waals surface area (Å²) in [6.07, 6.45) is -6.56. The number of hydrogen-bond acceptors (Lipinski definition) is 4. The molecule has 166 valence electrons. The summed E-state index contributed by atoms with van der Waals surface area (Å²) >= 11 is 5.89. The van der Waals surface area contributed by atoms with Crippen molar-refractivity contribution in [1.29, 1.82) is 0 Å². The smallest absolute Gasteiger partial charge is 0.344 e. The number of pyridine rings is 1. The van der Waals surface area contributed by atoms with Crippen molar-refractivity contribution in [2.24, 2.45) is 7.05 Å². The van der Waals surface area contributed by atoms with E-state index in [0.29, 0.717) is 6.92 Å². The van der Waals surface area contributed by atoms with E-state index in [0.717, 1.165) is 30.1 Å². The molecule has 1 atom stereocenters. The summed E-state index contributed by atoms with van der Waals surface area (Å²) in [5.74, 6) is -2.71. The molecule has 0 spiro atoms. The van der Waals surface area contributed by atoms with E-state index in [9.17, 15) is 39.6 Å². The van der Waals surface area contributed by atoms with E-state index in [4.69, 9.17) is 11.6 Å². The molecule has 15 heteroatoms.